The van der Waals surface area contributed by atoms with Crippen molar-refractivity contribution in [2.75, 3.05) is 18.0 Å². The lowest BCUT2D eigenvalue weighted by Gasteiger charge is -2.19. The van der Waals surface area contributed by atoms with Gasteiger partial charge in [0, 0.05) is 12.2 Å². The van der Waals surface area contributed by atoms with Crippen molar-refractivity contribution >= 4 is 29.6 Å². The highest BCUT2D eigenvalue weighted by Gasteiger charge is 2.44. The molecule has 0 saturated carbocycles. The van der Waals surface area contributed by atoms with Crippen molar-refractivity contribution in [3.63, 3.8) is 0 Å². The number of rotatable bonds is 5. The summed E-state index contributed by atoms with van der Waals surface area (Å²) in [5.74, 6) is -1.24. The highest BCUT2D eigenvalue weighted by Crippen LogP contribution is 2.25. The Morgan fingerprint density at radius 3 is 2.54 bits per heavy atom. The molecule has 6 amide bonds. The quantitative estimate of drug-likeness (QED) is 0.618. The van der Waals surface area contributed by atoms with Crippen molar-refractivity contribution in [3.05, 3.63) is 43.0 Å². The van der Waals surface area contributed by atoms with Crippen LogP contribution in [-0.2, 0) is 9.59 Å². The summed E-state index contributed by atoms with van der Waals surface area (Å²) < 4.78 is 0. The van der Waals surface area contributed by atoms with E-state index in [1.54, 1.807) is 37.3 Å². The zero-order valence-electron chi connectivity index (χ0n) is 13.2. The summed E-state index contributed by atoms with van der Waals surface area (Å²) in [6.07, 6.45) is 1.46. The Kier molecular flexibility index (Phi) is 5.31. The minimum absolute atomic E-state index is 0.194. The fraction of sp³-hybridized carbons (Fsp3) is 0.250. The van der Waals surface area contributed by atoms with Crippen LogP contribution in [0.15, 0.2) is 43.0 Å². The van der Waals surface area contributed by atoms with Gasteiger partial charge in [-0.1, -0.05) is 24.3 Å². The van der Waals surface area contributed by atoms with Crippen LogP contribution >= 0.6 is 0 Å². The number of hydrogen-bond donors (Lipinski definition) is 2. The molecule has 1 saturated heterocycles. The van der Waals surface area contributed by atoms with Crippen molar-refractivity contribution in [1.82, 2.24) is 15.5 Å². The average Bonchev–Trinajstić information content (AvgIpc) is 2.77. The van der Waals surface area contributed by atoms with Gasteiger partial charge in [0.2, 0.25) is 5.91 Å². The van der Waals surface area contributed by atoms with E-state index in [0.717, 1.165) is 4.90 Å². The van der Waals surface area contributed by atoms with Crippen LogP contribution in [-0.4, -0.2) is 47.9 Å². The third-order valence-corrected chi connectivity index (χ3v) is 3.44. The molecule has 0 bridgehead atoms. The van der Waals surface area contributed by atoms with Crippen LogP contribution in [0.25, 0.3) is 0 Å². The molecule has 24 heavy (non-hydrogen) atoms. The number of nitrogens with one attached hydrogen (secondary N) is 2. The van der Waals surface area contributed by atoms with E-state index in [4.69, 9.17) is 0 Å². The number of anilines is 1. The third-order valence-electron chi connectivity index (χ3n) is 3.44. The summed E-state index contributed by atoms with van der Waals surface area (Å²) in [5, 5.41) is 4.42. The Labute approximate surface area is 139 Å². The fourth-order valence-corrected chi connectivity index (χ4v) is 2.31. The first kappa shape index (κ1) is 17.2. The van der Waals surface area contributed by atoms with E-state index in [2.05, 4.69) is 17.2 Å². The summed E-state index contributed by atoms with van der Waals surface area (Å²) >= 11 is 0. The van der Waals surface area contributed by atoms with E-state index < -0.39 is 36.5 Å². The largest absolute Gasteiger partial charge is 0.334 e. The summed E-state index contributed by atoms with van der Waals surface area (Å²) in [7, 11) is 0. The Hall–Kier alpha value is -3.16. The highest BCUT2D eigenvalue weighted by atomic mass is 16.2. The molecular weight excluding hydrogens is 312 g/mol. The van der Waals surface area contributed by atoms with Gasteiger partial charge in [-0.05, 0) is 19.1 Å². The number of benzene rings is 1. The predicted molar refractivity (Wildman–Crippen MR) is 87.2 cm³/mol. The molecule has 1 atom stereocenters. The van der Waals surface area contributed by atoms with Gasteiger partial charge in [0.05, 0.1) is 0 Å². The number of hydrogen-bond acceptors (Lipinski definition) is 4. The molecule has 8 heteroatoms. The number of amides is 6. The standard InChI is InChI=1S/C16H18N4O4/c1-3-9-17-15(23)18-13(21)10-19-14(22)11(2)20(16(19)24)12-7-5-4-6-8-12/h3-8,11H,1,9-10H2,2H3,(H2,17,18,21,23)/t11-/m1/s1. The molecule has 0 aliphatic carbocycles. The molecule has 2 N–H and O–H groups in total. The Bertz CT molecular complexity index is 674. The molecule has 0 radical (unpaired) electrons. The number of carbonyl (C=O) groups is 4. The van der Waals surface area contributed by atoms with Crippen LogP contribution in [0.1, 0.15) is 6.92 Å². The molecular formula is C16H18N4O4. The maximum Gasteiger partial charge on any atom is 0.332 e. The first-order chi connectivity index (χ1) is 11.5. The van der Waals surface area contributed by atoms with Crippen LogP contribution in [0.4, 0.5) is 15.3 Å². The van der Waals surface area contributed by atoms with Gasteiger partial charge < -0.3 is 5.32 Å². The van der Waals surface area contributed by atoms with Gasteiger partial charge in [-0.25, -0.2) is 9.59 Å². The lowest BCUT2D eigenvalue weighted by molar-refractivity contribution is -0.131. The van der Waals surface area contributed by atoms with E-state index in [9.17, 15) is 19.2 Å². The Morgan fingerprint density at radius 1 is 1.25 bits per heavy atom. The molecule has 0 aromatic heterocycles. The summed E-state index contributed by atoms with van der Waals surface area (Å²) in [5.41, 5.74) is 0.565. The van der Waals surface area contributed by atoms with E-state index in [0.29, 0.717) is 5.69 Å². The molecule has 0 unspecified atom stereocenters. The van der Waals surface area contributed by atoms with E-state index in [1.807, 2.05) is 0 Å². The zero-order chi connectivity index (χ0) is 17.7. The van der Waals surface area contributed by atoms with Crippen molar-refractivity contribution in [3.8, 4) is 0 Å². The highest BCUT2D eigenvalue weighted by molar-refractivity contribution is 6.15. The minimum Gasteiger partial charge on any atom is -0.334 e. The van der Waals surface area contributed by atoms with Crippen molar-refractivity contribution < 1.29 is 19.2 Å². The van der Waals surface area contributed by atoms with Gasteiger partial charge in [-0.2, -0.15) is 0 Å². The molecule has 1 aliphatic rings. The number of carbonyl (C=O) groups excluding carboxylic acids is 4. The minimum atomic E-state index is -0.750. The summed E-state index contributed by atoms with van der Waals surface area (Å²) in [4.78, 5) is 50.1. The Morgan fingerprint density at radius 2 is 1.92 bits per heavy atom. The van der Waals surface area contributed by atoms with Gasteiger partial charge in [-0.15, -0.1) is 6.58 Å². The van der Waals surface area contributed by atoms with Gasteiger partial charge >= 0.3 is 12.1 Å². The second kappa shape index (κ2) is 7.40. The maximum atomic E-state index is 12.5. The second-order valence-corrected chi connectivity index (χ2v) is 5.14. The molecule has 1 aliphatic heterocycles. The normalized spacial score (nSPS) is 17.0. The average molecular weight is 330 g/mol. The molecule has 1 fully saturated rings. The Balaban J connectivity index is 2.05. The molecule has 1 aromatic rings. The van der Waals surface area contributed by atoms with Crippen LogP contribution in [0.3, 0.4) is 0 Å². The molecule has 126 valence electrons. The number of nitrogens with zero attached hydrogens (tertiary/aromatic N) is 2. The molecule has 1 heterocycles. The second-order valence-electron chi connectivity index (χ2n) is 5.14. The number of urea groups is 2. The lowest BCUT2D eigenvalue weighted by Crippen LogP contribution is -2.46. The lowest BCUT2D eigenvalue weighted by atomic mass is 10.2. The molecule has 0 spiro atoms. The maximum absolute atomic E-state index is 12.5. The van der Waals surface area contributed by atoms with Crippen LogP contribution in [0.5, 0.6) is 0 Å². The number of imide groups is 2. The van der Waals surface area contributed by atoms with E-state index >= 15 is 0 Å². The van der Waals surface area contributed by atoms with Gasteiger partial charge in [0.15, 0.2) is 0 Å². The number of para-hydroxylation sites is 1. The summed E-state index contributed by atoms with van der Waals surface area (Å²) in [6, 6.07) is 6.67. The van der Waals surface area contributed by atoms with Crippen molar-refractivity contribution in [2.24, 2.45) is 0 Å². The van der Waals surface area contributed by atoms with Gasteiger partial charge in [0.1, 0.15) is 12.6 Å². The zero-order valence-corrected chi connectivity index (χ0v) is 13.2. The third kappa shape index (κ3) is 3.60. The van der Waals surface area contributed by atoms with Gasteiger partial charge in [0.25, 0.3) is 5.91 Å². The summed E-state index contributed by atoms with van der Waals surface area (Å²) in [6.45, 7) is 4.69. The van der Waals surface area contributed by atoms with Gasteiger partial charge in [-0.3, -0.25) is 24.7 Å². The van der Waals surface area contributed by atoms with Crippen LogP contribution in [0, 0.1) is 0 Å². The predicted octanol–water partition coefficient (Wildman–Crippen LogP) is 0.856. The van der Waals surface area contributed by atoms with Crippen LogP contribution in [0.2, 0.25) is 0 Å². The van der Waals surface area contributed by atoms with Crippen molar-refractivity contribution in [2.45, 2.75) is 13.0 Å². The SMILES string of the molecule is C=CCNC(=O)NC(=O)CN1C(=O)[C@@H](C)N(c2ccccc2)C1=O. The van der Waals surface area contributed by atoms with Crippen molar-refractivity contribution in [1.29, 1.82) is 0 Å². The first-order valence-corrected chi connectivity index (χ1v) is 7.34. The first-order valence-electron chi connectivity index (χ1n) is 7.34. The monoisotopic (exact) mass is 330 g/mol. The smallest absolute Gasteiger partial charge is 0.332 e. The molecule has 2 rings (SSSR count). The van der Waals surface area contributed by atoms with E-state index in [1.165, 1.54) is 11.0 Å². The molecule has 1 aromatic carbocycles. The fourth-order valence-electron chi connectivity index (χ4n) is 2.31. The van der Waals surface area contributed by atoms with E-state index in [-0.39, 0.29) is 6.54 Å². The topological polar surface area (TPSA) is 98.8 Å². The molecule has 8 nitrogen and oxygen atoms in total. The van der Waals surface area contributed by atoms with Crippen LogP contribution < -0.4 is 15.5 Å².